The van der Waals surface area contributed by atoms with Gasteiger partial charge in [-0.1, -0.05) is 30.3 Å². The van der Waals surface area contributed by atoms with Crippen LogP contribution in [-0.4, -0.2) is 9.55 Å². The van der Waals surface area contributed by atoms with Gasteiger partial charge in [0, 0.05) is 10.8 Å². The van der Waals surface area contributed by atoms with Crippen LogP contribution in [0.2, 0.25) is 0 Å². The molecule has 0 atom stereocenters. The van der Waals surface area contributed by atoms with E-state index in [4.69, 9.17) is 9.40 Å². The third-order valence-electron chi connectivity index (χ3n) is 5.29. The second-order valence-corrected chi connectivity index (χ2v) is 8.56. The molecule has 4 nitrogen and oxygen atoms in total. The Hall–Kier alpha value is -3.14. The van der Waals surface area contributed by atoms with Crippen LogP contribution in [0.25, 0.3) is 44.5 Å². The van der Waals surface area contributed by atoms with Crippen LogP contribution >= 0.6 is 0 Å². The molecule has 0 N–H and O–H groups in total. The third kappa shape index (κ3) is 2.37. The topological polar surface area (TPSA) is 34.8 Å². The summed E-state index contributed by atoms with van der Waals surface area (Å²) < 4.78 is 10.8. The van der Waals surface area contributed by atoms with Crippen LogP contribution in [0.5, 0.6) is 0 Å². The lowest BCUT2D eigenvalue weighted by atomic mass is 10.1. The SMILES string of the molecule is Cc1cc2nc(-c3cccc4c3oc3ccccc34)n(C(C)(C)C)c2[n+](C)c1. The Kier molecular flexibility index (Phi) is 3.45. The molecule has 0 saturated carbocycles. The number of hydrogen-bond acceptors (Lipinski definition) is 2. The number of fused-ring (bicyclic) bond motifs is 4. The molecule has 0 radical (unpaired) electrons. The van der Waals surface area contributed by atoms with Crippen molar-refractivity contribution in [1.29, 1.82) is 0 Å². The highest BCUT2D eigenvalue weighted by molar-refractivity contribution is 6.09. The molecule has 0 bridgehead atoms. The summed E-state index contributed by atoms with van der Waals surface area (Å²) in [4.78, 5) is 5.07. The molecule has 0 amide bonds. The van der Waals surface area contributed by atoms with E-state index in [9.17, 15) is 0 Å². The first kappa shape index (κ1) is 17.0. The maximum absolute atomic E-state index is 6.30. The molecule has 3 aromatic heterocycles. The van der Waals surface area contributed by atoms with E-state index >= 15 is 0 Å². The summed E-state index contributed by atoms with van der Waals surface area (Å²) >= 11 is 0. The normalized spacial score (nSPS) is 12.5. The molecule has 0 aliphatic carbocycles. The zero-order valence-electron chi connectivity index (χ0n) is 16.9. The molecule has 0 saturated heterocycles. The molecule has 2 aromatic carbocycles. The lowest BCUT2D eigenvalue weighted by Crippen LogP contribution is -2.35. The van der Waals surface area contributed by atoms with Crippen LogP contribution in [-0.2, 0) is 12.6 Å². The van der Waals surface area contributed by atoms with Gasteiger partial charge in [0.1, 0.15) is 16.7 Å². The van der Waals surface area contributed by atoms with E-state index in [-0.39, 0.29) is 5.54 Å². The van der Waals surface area contributed by atoms with Crippen molar-refractivity contribution in [2.75, 3.05) is 0 Å². The number of furan rings is 1. The molecule has 5 aromatic rings. The zero-order chi connectivity index (χ0) is 19.6. The molecule has 0 aliphatic heterocycles. The molecule has 28 heavy (non-hydrogen) atoms. The Labute approximate surface area is 164 Å². The third-order valence-corrected chi connectivity index (χ3v) is 5.29. The van der Waals surface area contributed by atoms with Crippen molar-refractivity contribution in [2.24, 2.45) is 7.05 Å². The Bertz CT molecular complexity index is 1370. The molecule has 0 aliphatic rings. The van der Waals surface area contributed by atoms with E-state index in [0.29, 0.717) is 0 Å². The van der Waals surface area contributed by atoms with Crippen LogP contribution in [0.3, 0.4) is 0 Å². The molecule has 0 fully saturated rings. The molecule has 0 unspecified atom stereocenters. The zero-order valence-corrected chi connectivity index (χ0v) is 16.9. The number of nitrogens with zero attached hydrogens (tertiary/aromatic N) is 3. The number of aromatic nitrogens is 3. The maximum atomic E-state index is 6.30. The van der Waals surface area contributed by atoms with Crippen LogP contribution in [0.15, 0.2) is 59.1 Å². The summed E-state index contributed by atoms with van der Waals surface area (Å²) in [5.41, 5.74) is 6.00. The first-order valence-electron chi connectivity index (χ1n) is 9.64. The van der Waals surface area contributed by atoms with Crippen molar-refractivity contribution in [3.8, 4) is 11.4 Å². The van der Waals surface area contributed by atoms with Gasteiger partial charge in [0.15, 0.2) is 5.52 Å². The van der Waals surface area contributed by atoms with Gasteiger partial charge < -0.3 is 4.42 Å². The summed E-state index contributed by atoms with van der Waals surface area (Å²) in [7, 11) is 2.09. The first-order valence-corrected chi connectivity index (χ1v) is 9.64. The molecular formula is C24H24N3O+. The van der Waals surface area contributed by atoms with Gasteiger partial charge in [0.05, 0.1) is 18.8 Å². The number of imidazole rings is 1. The highest BCUT2D eigenvalue weighted by atomic mass is 16.3. The molecule has 140 valence electrons. The molecule has 0 spiro atoms. The van der Waals surface area contributed by atoms with E-state index < -0.39 is 0 Å². The monoisotopic (exact) mass is 370 g/mol. The standard InChI is InChI=1S/C24H24N3O/c1-15-13-19-23(26(5)14-15)27(24(2,3)4)22(25-19)18-11-8-10-17-16-9-6-7-12-20(16)28-21(17)18/h6-14H,1-5H3/q+1. The Balaban J connectivity index is 1.94. The van der Waals surface area contributed by atoms with Crippen molar-refractivity contribution < 1.29 is 8.98 Å². The highest BCUT2D eigenvalue weighted by Crippen LogP contribution is 2.37. The Morgan fingerprint density at radius 1 is 1.00 bits per heavy atom. The average Bonchev–Trinajstić information content (AvgIpc) is 3.19. The van der Waals surface area contributed by atoms with Crippen LogP contribution in [0.1, 0.15) is 26.3 Å². The van der Waals surface area contributed by atoms with Gasteiger partial charge >= 0.3 is 5.65 Å². The summed E-state index contributed by atoms with van der Waals surface area (Å²) in [6.45, 7) is 8.76. The largest absolute Gasteiger partial charge is 0.455 e. The van der Waals surface area contributed by atoms with Gasteiger partial charge in [0.25, 0.3) is 0 Å². The minimum absolute atomic E-state index is 0.134. The molecular weight excluding hydrogens is 346 g/mol. The smallest absolute Gasteiger partial charge is 0.309 e. The highest BCUT2D eigenvalue weighted by Gasteiger charge is 2.32. The summed E-state index contributed by atoms with van der Waals surface area (Å²) in [5, 5.41) is 2.26. The number of benzene rings is 2. The van der Waals surface area contributed by atoms with Gasteiger partial charge in [-0.25, -0.2) is 14.1 Å². The van der Waals surface area contributed by atoms with Crippen molar-refractivity contribution in [3.05, 3.63) is 60.3 Å². The predicted molar refractivity (Wildman–Crippen MR) is 113 cm³/mol. The number of aryl methyl sites for hydroxylation is 2. The number of hydrogen-bond donors (Lipinski definition) is 0. The minimum atomic E-state index is -0.134. The van der Waals surface area contributed by atoms with Gasteiger partial charge in [-0.2, -0.15) is 0 Å². The van der Waals surface area contributed by atoms with Crippen molar-refractivity contribution in [2.45, 2.75) is 33.2 Å². The van der Waals surface area contributed by atoms with E-state index in [1.165, 1.54) is 5.56 Å². The maximum Gasteiger partial charge on any atom is 0.309 e. The lowest BCUT2D eigenvalue weighted by molar-refractivity contribution is -0.648. The summed E-state index contributed by atoms with van der Waals surface area (Å²) in [6, 6.07) is 16.7. The van der Waals surface area contributed by atoms with Crippen LogP contribution in [0.4, 0.5) is 0 Å². The van der Waals surface area contributed by atoms with Crippen molar-refractivity contribution >= 4 is 33.1 Å². The van der Waals surface area contributed by atoms with Gasteiger partial charge in [-0.05, 0) is 51.5 Å². The summed E-state index contributed by atoms with van der Waals surface area (Å²) in [5.74, 6) is 0.938. The fourth-order valence-corrected chi connectivity index (χ4v) is 4.22. The van der Waals surface area contributed by atoms with E-state index in [1.54, 1.807) is 0 Å². The quantitative estimate of drug-likeness (QED) is 0.366. The van der Waals surface area contributed by atoms with Gasteiger partial charge in [-0.15, -0.1) is 0 Å². The number of pyridine rings is 1. The number of para-hydroxylation sites is 2. The molecule has 3 heterocycles. The predicted octanol–water partition coefficient (Wildman–Crippen LogP) is 5.49. The minimum Gasteiger partial charge on any atom is -0.455 e. The van der Waals surface area contributed by atoms with Gasteiger partial charge in [-0.3, -0.25) is 0 Å². The average molecular weight is 370 g/mol. The summed E-state index contributed by atoms with van der Waals surface area (Å²) in [6.07, 6.45) is 2.15. The van der Waals surface area contributed by atoms with Crippen LogP contribution < -0.4 is 4.57 Å². The Morgan fingerprint density at radius 3 is 2.54 bits per heavy atom. The van der Waals surface area contributed by atoms with E-state index in [0.717, 1.165) is 44.5 Å². The Morgan fingerprint density at radius 2 is 1.75 bits per heavy atom. The van der Waals surface area contributed by atoms with Crippen molar-refractivity contribution in [3.63, 3.8) is 0 Å². The van der Waals surface area contributed by atoms with Gasteiger partial charge in [0.2, 0.25) is 5.82 Å². The lowest BCUT2D eigenvalue weighted by Gasteiger charge is -2.18. The fraction of sp³-hybridized carbons (Fsp3) is 0.250. The fourth-order valence-electron chi connectivity index (χ4n) is 4.22. The van der Waals surface area contributed by atoms with Crippen LogP contribution in [0, 0.1) is 6.92 Å². The first-order chi connectivity index (χ1) is 13.3. The second kappa shape index (κ2) is 5.68. The van der Waals surface area contributed by atoms with E-state index in [2.05, 4.69) is 86.5 Å². The molecule has 4 heteroatoms. The second-order valence-electron chi connectivity index (χ2n) is 8.56. The van der Waals surface area contributed by atoms with E-state index in [1.807, 2.05) is 12.1 Å². The number of rotatable bonds is 1. The van der Waals surface area contributed by atoms with Crippen molar-refractivity contribution in [1.82, 2.24) is 9.55 Å². The molecule has 5 rings (SSSR count).